The number of nitrogens with zero attached hydrogens (tertiary/aromatic N) is 1. The minimum Gasteiger partial charge on any atom is -0.466 e. The van der Waals surface area contributed by atoms with Gasteiger partial charge in [-0.15, -0.1) is 11.3 Å². The molecule has 2 N–H and O–H groups in total. The van der Waals surface area contributed by atoms with E-state index in [0.717, 1.165) is 5.39 Å². The van der Waals surface area contributed by atoms with E-state index in [4.69, 9.17) is 9.15 Å². The average molecular weight is 401 g/mol. The van der Waals surface area contributed by atoms with Crippen LogP contribution < -0.4 is 10.6 Å². The zero-order chi connectivity index (χ0) is 20.1. The molecule has 0 saturated heterocycles. The van der Waals surface area contributed by atoms with Gasteiger partial charge in [0, 0.05) is 10.8 Å². The van der Waals surface area contributed by atoms with Crippen molar-refractivity contribution in [3.8, 4) is 0 Å². The predicted octanol–water partition coefficient (Wildman–Crippen LogP) is 2.75. The number of furan rings is 1. The number of rotatable bonds is 7. The fourth-order valence-electron chi connectivity index (χ4n) is 2.45. The van der Waals surface area contributed by atoms with Crippen molar-refractivity contribution in [1.29, 1.82) is 0 Å². The van der Waals surface area contributed by atoms with Gasteiger partial charge in [-0.3, -0.25) is 14.4 Å². The number of benzene rings is 1. The van der Waals surface area contributed by atoms with Gasteiger partial charge in [0.1, 0.15) is 11.6 Å². The summed E-state index contributed by atoms with van der Waals surface area (Å²) >= 11 is 1.19. The first-order valence-electron chi connectivity index (χ1n) is 8.66. The average Bonchev–Trinajstić information content (AvgIpc) is 3.28. The summed E-state index contributed by atoms with van der Waals surface area (Å²) in [7, 11) is 0. The largest absolute Gasteiger partial charge is 0.466 e. The van der Waals surface area contributed by atoms with Gasteiger partial charge in [-0.1, -0.05) is 18.2 Å². The van der Waals surface area contributed by atoms with Crippen LogP contribution in [0.15, 0.2) is 40.1 Å². The van der Waals surface area contributed by atoms with Crippen LogP contribution in [-0.2, 0) is 20.7 Å². The van der Waals surface area contributed by atoms with E-state index in [-0.39, 0.29) is 18.2 Å². The molecule has 1 atom stereocenters. The van der Waals surface area contributed by atoms with Crippen LogP contribution in [0.1, 0.15) is 30.1 Å². The summed E-state index contributed by atoms with van der Waals surface area (Å²) in [6.07, 6.45) is 0.0402. The molecule has 2 heterocycles. The second-order valence-corrected chi connectivity index (χ2v) is 6.82. The van der Waals surface area contributed by atoms with Crippen LogP contribution in [0.2, 0.25) is 0 Å². The Morgan fingerprint density at radius 2 is 2.07 bits per heavy atom. The van der Waals surface area contributed by atoms with Gasteiger partial charge in [-0.25, -0.2) is 4.98 Å². The minimum atomic E-state index is -0.807. The van der Waals surface area contributed by atoms with Crippen molar-refractivity contribution in [1.82, 2.24) is 10.3 Å². The molecule has 3 rings (SSSR count). The maximum absolute atomic E-state index is 12.3. The summed E-state index contributed by atoms with van der Waals surface area (Å²) in [6, 6.07) is 8.07. The molecule has 0 fully saturated rings. The number of ether oxygens (including phenoxy) is 1. The molecule has 0 saturated carbocycles. The number of aromatic nitrogens is 1. The highest BCUT2D eigenvalue weighted by atomic mass is 32.1. The zero-order valence-electron chi connectivity index (χ0n) is 15.4. The van der Waals surface area contributed by atoms with E-state index in [2.05, 4.69) is 15.6 Å². The normalized spacial score (nSPS) is 11.8. The molecule has 0 spiro atoms. The summed E-state index contributed by atoms with van der Waals surface area (Å²) in [4.78, 5) is 40.3. The molecule has 0 aliphatic carbocycles. The fraction of sp³-hybridized carbons (Fsp3) is 0.263. The number of anilines is 1. The van der Waals surface area contributed by atoms with Crippen molar-refractivity contribution in [3.63, 3.8) is 0 Å². The monoisotopic (exact) mass is 401 g/mol. The van der Waals surface area contributed by atoms with Crippen LogP contribution in [-0.4, -0.2) is 35.4 Å². The lowest BCUT2D eigenvalue weighted by Crippen LogP contribution is -2.41. The summed E-state index contributed by atoms with van der Waals surface area (Å²) in [5, 5.41) is 8.03. The van der Waals surface area contributed by atoms with Crippen LogP contribution in [0.25, 0.3) is 11.0 Å². The number of hydrogen-bond donors (Lipinski definition) is 2. The van der Waals surface area contributed by atoms with Crippen LogP contribution in [0.3, 0.4) is 0 Å². The van der Waals surface area contributed by atoms with Crippen molar-refractivity contribution >= 4 is 45.2 Å². The Kier molecular flexibility index (Phi) is 6.05. The number of fused-ring (bicyclic) bond motifs is 1. The number of hydrogen-bond acceptors (Lipinski definition) is 7. The van der Waals surface area contributed by atoms with Crippen LogP contribution >= 0.6 is 11.3 Å². The Hall–Kier alpha value is -3.20. The van der Waals surface area contributed by atoms with Crippen LogP contribution in [0.4, 0.5) is 5.13 Å². The highest BCUT2D eigenvalue weighted by Gasteiger charge is 2.20. The predicted molar refractivity (Wildman–Crippen MR) is 104 cm³/mol. The highest BCUT2D eigenvalue weighted by Crippen LogP contribution is 2.19. The highest BCUT2D eigenvalue weighted by molar-refractivity contribution is 7.13. The molecule has 8 nitrogen and oxygen atoms in total. The van der Waals surface area contributed by atoms with E-state index in [1.54, 1.807) is 31.4 Å². The Balaban J connectivity index is 1.56. The molecule has 146 valence electrons. The van der Waals surface area contributed by atoms with Crippen LogP contribution in [0, 0.1) is 0 Å². The Morgan fingerprint density at radius 3 is 2.82 bits per heavy atom. The third-order valence-electron chi connectivity index (χ3n) is 3.80. The molecule has 0 radical (unpaired) electrons. The maximum Gasteiger partial charge on any atom is 0.311 e. The van der Waals surface area contributed by atoms with E-state index < -0.39 is 17.9 Å². The third kappa shape index (κ3) is 4.74. The van der Waals surface area contributed by atoms with E-state index in [9.17, 15) is 14.4 Å². The van der Waals surface area contributed by atoms with Crippen molar-refractivity contribution < 1.29 is 23.5 Å². The van der Waals surface area contributed by atoms with Gasteiger partial charge in [0.25, 0.3) is 5.91 Å². The SMILES string of the molecule is CCOC(=O)Cc1csc(NC(=O)C(C)NC(=O)c2cc3ccccc3o2)n1. The molecular formula is C19H19N3O5S. The lowest BCUT2D eigenvalue weighted by atomic mass is 10.2. The second-order valence-electron chi connectivity index (χ2n) is 5.96. The molecule has 3 aromatic rings. The number of nitrogens with one attached hydrogen (secondary N) is 2. The van der Waals surface area contributed by atoms with Gasteiger partial charge in [0.15, 0.2) is 10.9 Å². The topological polar surface area (TPSA) is 111 Å². The van der Waals surface area contributed by atoms with Crippen molar-refractivity contribution in [2.75, 3.05) is 11.9 Å². The molecule has 9 heteroatoms. The number of thiazole rings is 1. The number of carbonyl (C=O) groups excluding carboxylic acids is 3. The Labute approximate surface area is 164 Å². The van der Waals surface area contributed by atoms with E-state index in [1.807, 2.05) is 18.2 Å². The lowest BCUT2D eigenvalue weighted by molar-refractivity contribution is -0.142. The van der Waals surface area contributed by atoms with Crippen molar-refractivity contribution in [3.05, 3.63) is 47.2 Å². The Morgan fingerprint density at radius 1 is 1.29 bits per heavy atom. The van der Waals surface area contributed by atoms with Gasteiger partial charge in [-0.05, 0) is 26.0 Å². The van der Waals surface area contributed by atoms with E-state index >= 15 is 0 Å². The number of esters is 1. The molecule has 2 amide bonds. The van der Waals surface area contributed by atoms with Gasteiger partial charge in [0.2, 0.25) is 5.91 Å². The quantitative estimate of drug-likeness (QED) is 0.589. The Bertz CT molecular complexity index is 977. The third-order valence-corrected chi connectivity index (χ3v) is 4.61. The zero-order valence-corrected chi connectivity index (χ0v) is 16.2. The first kappa shape index (κ1) is 19.6. The van der Waals surface area contributed by atoms with Crippen LogP contribution in [0.5, 0.6) is 0 Å². The van der Waals surface area contributed by atoms with E-state index in [0.29, 0.717) is 23.0 Å². The standard InChI is InChI=1S/C19H19N3O5S/c1-3-26-16(23)9-13-10-28-19(21-13)22-17(24)11(2)20-18(25)15-8-12-6-4-5-7-14(12)27-15/h4-8,10-11H,3,9H2,1-2H3,(H,20,25)(H,21,22,24). The van der Waals surface area contributed by atoms with Gasteiger partial charge >= 0.3 is 5.97 Å². The molecule has 0 aliphatic rings. The minimum absolute atomic E-state index is 0.0402. The molecule has 0 bridgehead atoms. The molecule has 1 aromatic carbocycles. The summed E-state index contributed by atoms with van der Waals surface area (Å²) in [6.45, 7) is 3.59. The molecular weight excluding hydrogens is 382 g/mol. The fourth-order valence-corrected chi connectivity index (χ4v) is 3.16. The first-order valence-corrected chi connectivity index (χ1v) is 9.54. The summed E-state index contributed by atoms with van der Waals surface area (Å²) in [5.74, 6) is -1.16. The maximum atomic E-state index is 12.3. The molecule has 28 heavy (non-hydrogen) atoms. The van der Waals surface area contributed by atoms with E-state index in [1.165, 1.54) is 11.3 Å². The lowest BCUT2D eigenvalue weighted by Gasteiger charge is -2.11. The molecule has 1 unspecified atom stereocenters. The van der Waals surface area contributed by atoms with Gasteiger partial charge < -0.3 is 19.8 Å². The summed E-state index contributed by atoms with van der Waals surface area (Å²) in [5.41, 5.74) is 1.11. The summed E-state index contributed by atoms with van der Waals surface area (Å²) < 4.78 is 10.4. The van der Waals surface area contributed by atoms with Gasteiger partial charge in [-0.2, -0.15) is 0 Å². The molecule has 2 aromatic heterocycles. The second kappa shape index (κ2) is 8.66. The van der Waals surface area contributed by atoms with Crippen molar-refractivity contribution in [2.45, 2.75) is 26.3 Å². The first-order chi connectivity index (χ1) is 13.5. The number of para-hydroxylation sites is 1. The van der Waals surface area contributed by atoms with Crippen molar-refractivity contribution in [2.24, 2.45) is 0 Å². The molecule has 0 aliphatic heterocycles. The van der Waals surface area contributed by atoms with Gasteiger partial charge in [0.05, 0.1) is 18.7 Å². The number of amides is 2. The number of carbonyl (C=O) groups is 3. The smallest absolute Gasteiger partial charge is 0.311 e.